The third-order valence-corrected chi connectivity index (χ3v) is 5.39. The topological polar surface area (TPSA) is 4.93 Å². The Balaban J connectivity index is 1.99. The first-order chi connectivity index (χ1) is 13.4. The Bertz CT molecular complexity index is 1250. The molecule has 1 nitrogen and oxygen atoms in total. The molecule has 0 unspecified atom stereocenters. The van der Waals surface area contributed by atoms with Crippen molar-refractivity contribution < 1.29 is 0 Å². The fourth-order valence-electron chi connectivity index (χ4n) is 4.15. The van der Waals surface area contributed by atoms with Gasteiger partial charge in [-0.15, -0.1) is 0 Å². The fraction of sp³-hybridized carbons (Fsp3) is 0.0769. The summed E-state index contributed by atoms with van der Waals surface area (Å²) in [6.45, 7) is 2.23. The Kier molecular flexibility index (Phi) is 3.79. The van der Waals surface area contributed by atoms with Gasteiger partial charge in [0, 0.05) is 22.0 Å². The van der Waals surface area contributed by atoms with E-state index in [-0.39, 0.29) is 0 Å². The molecule has 0 aliphatic heterocycles. The summed E-state index contributed by atoms with van der Waals surface area (Å²) >= 11 is 0. The van der Waals surface area contributed by atoms with Crippen LogP contribution in [0.4, 0.5) is 0 Å². The van der Waals surface area contributed by atoms with Crippen LogP contribution in [-0.4, -0.2) is 4.57 Å². The molecule has 0 saturated carbocycles. The maximum absolute atomic E-state index is 2.45. The molecular weight excluding hydrogens is 326 g/mol. The molecule has 0 amide bonds. The van der Waals surface area contributed by atoms with Gasteiger partial charge in [-0.05, 0) is 29.7 Å². The predicted molar refractivity (Wildman–Crippen MR) is 116 cm³/mol. The lowest BCUT2D eigenvalue weighted by Gasteiger charge is -2.14. The summed E-state index contributed by atoms with van der Waals surface area (Å²) in [5.74, 6) is 0. The molecule has 5 rings (SSSR count). The van der Waals surface area contributed by atoms with Crippen molar-refractivity contribution in [2.45, 2.75) is 13.3 Å². The Morgan fingerprint density at radius 3 is 2.19 bits per heavy atom. The molecule has 0 spiro atoms. The van der Waals surface area contributed by atoms with Crippen LogP contribution >= 0.6 is 0 Å². The van der Waals surface area contributed by atoms with Gasteiger partial charge in [-0.2, -0.15) is 0 Å². The number of hydrogen-bond donors (Lipinski definition) is 0. The molecule has 1 aromatic heterocycles. The van der Waals surface area contributed by atoms with Crippen LogP contribution in [0.3, 0.4) is 0 Å². The molecule has 0 radical (unpaired) electrons. The Hall–Kier alpha value is -3.32. The summed E-state index contributed by atoms with van der Waals surface area (Å²) in [5, 5.41) is 2.61. The van der Waals surface area contributed by atoms with Crippen LogP contribution in [0, 0.1) is 0 Å². The zero-order chi connectivity index (χ0) is 18.2. The highest BCUT2D eigenvalue weighted by atomic mass is 15.0. The van der Waals surface area contributed by atoms with Crippen molar-refractivity contribution in [3.8, 4) is 16.8 Å². The molecule has 1 heterocycles. The Labute approximate surface area is 159 Å². The van der Waals surface area contributed by atoms with Crippen LogP contribution in [0.25, 0.3) is 38.6 Å². The monoisotopic (exact) mass is 347 g/mol. The van der Waals surface area contributed by atoms with Gasteiger partial charge >= 0.3 is 0 Å². The molecule has 27 heavy (non-hydrogen) atoms. The van der Waals surface area contributed by atoms with Crippen molar-refractivity contribution in [2.24, 2.45) is 0 Å². The van der Waals surface area contributed by atoms with Crippen molar-refractivity contribution in [3.05, 3.63) is 103 Å². The highest BCUT2D eigenvalue weighted by Crippen LogP contribution is 2.38. The van der Waals surface area contributed by atoms with Gasteiger partial charge in [0.15, 0.2) is 0 Å². The summed E-state index contributed by atoms with van der Waals surface area (Å²) in [6, 6.07) is 34.8. The van der Waals surface area contributed by atoms with Crippen LogP contribution < -0.4 is 0 Å². The van der Waals surface area contributed by atoms with E-state index in [0.717, 1.165) is 6.42 Å². The smallest absolute Gasteiger partial charge is 0.0619 e. The van der Waals surface area contributed by atoms with Crippen LogP contribution in [-0.2, 0) is 6.42 Å². The number of benzene rings is 4. The fourth-order valence-corrected chi connectivity index (χ4v) is 4.15. The van der Waals surface area contributed by atoms with E-state index < -0.39 is 0 Å². The van der Waals surface area contributed by atoms with Gasteiger partial charge in [0.1, 0.15) is 0 Å². The number of aromatic nitrogens is 1. The van der Waals surface area contributed by atoms with Crippen LogP contribution in [0.15, 0.2) is 97.1 Å². The summed E-state index contributed by atoms with van der Waals surface area (Å²) in [5.41, 5.74) is 7.71. The largest absolute Gasteiger partial charge is 0.308 e. The minimum Gasteiger partial charge on any atom is -0.308 e. The summed E-state index contributed by atoms with van der Waals surface area (Å²) in [7, 11) is 0. The van der Waals surface area contributed by atoms with E-state index in [9.17, 15) is 0 Å². The zero-order valence-corrected chi connectivity index (χ0v) is 15.4. The minimum atomic E-state index is 1.01. The maximum atomic E-state index is 2.45. The molecule has 5 aromatic rings. The lowest BCUT2D eigenvalue weighted by Crippen LogP contribution is -1.99. The molecule has 0 N–H and O–H groups in total. The second kappa shape index (κ2) is 6.44. The first kappa shape index (κ1) is 15.9. The zero-order valence-electron chi connectivity index (χ0n) is 15.4. The van der Waals surface area contributed by atoms with Gasteiger partial charge in [-0.25, -0.2) is 0 Å². The standard InChI is InChI=1S/C26H21N/c1-2-19-11-6-8-17-24(19)27-25-18-9-7-14-22(25)23-16-10-15-21(26(23)27)20-12-4-3-5-13-20/h3-18H,2H2,1H3. The lowest BCUT2D eigenvalue weighted by molar-refractivity contribution is 1.07. The number of rotatable bonds is 3. The van der Waals surface area contributed by atoms with Crippen molar-refractivity contribution in [2.75, 3.05) is 0 Å². The van der Waals surface area contributed by atoms with E-state index in [0.29, 0.717) is 0 Å². The Morgan fingerprint density at radius 2 is 1.33 bits per heavy atom. The van der Waals surface area contributed by atoms with Gasteiger partial charge in [0.2, 0.25) is 0 Å². The first-order valence-electron chi connectivity index (χ1n) is 9.54. The number of fused-ring (bicyclic) bond motifs is 3. The minimum absolute atomic E-state index is 1.01. The molecule has 0 atom stereocenters. The van der Waals surface area contributed by atoms with Crippen LogP contribution in [0.2, 0.25) is 0 Å². The van der Waals surface area contributed by atoms with Crippen molar-refractivity contribution in [1.29, 1.82) is 0 Å². The van der Waals surface area contributed by atoms with Crippen molar-refractivity contribution >= 4 is 21.8 Å². The molecular formula is C26H21N. The normalized spacial score (nSPS) is 11.3. The molecule has 130 valence electrons. The SMILES string of the molecule is CCc1ccccc1-n1c2ccccc2c2cccc(-c3ccccc3)c21. The van der Waals surface area contributed by atoms with Crippen molar-refractivity contribution in [3.63, 3.8) is 0 Å². The summed E-state index contributed by atoms with van der Waals surface area (Å²) in [6.07, 6.45) is 1.01. The van der Waals surface area contributed by atoms with Crippen LogP contribution in [0.5, 0.6) is 0 Å². The summed E-state index contributed by atoms with van der Waals surface area (Å²) < 4.78 is 2.45. The van der Waals surface area contributed by atoms with Crippen molar-refractivity contribution in [1.82, 2.24) is 4.57 Å². The van der Waals surface area contributed by atoms with E-state index >= 15 is 0 Å². The first-order valence-corrected chi connectivity index (χ1v) is 9.54. The highest BCUT2D eigenvalue weighted by molar-refractivity contribution is 6.13. The van der Waals surface area contributed by atoms with Gasteiger partial charge in [-0.3, -0.25) is 0 Å². The second-order valence-corrected chi connectivity index (χ2v) is 6.90. The van der Waals surface area contributed by atoms with E-state index in [1.54, 1.807) is 0 Å². The molecule has 0 fully saturated rings. The van der Waals surface area contributed by atoms with Gasteiger partial charge in [0.05, 0.1) is 11.0 Å². The van der Waals surface area contributed by atoms with E-state index in [1.807, 2.05) is 0 Å². The third kappa shape index (κ3) is 2.47. The average molecular weight is 347 g/mol. The maximum Gasteiger partial charge on any atom is 0.0619 e. The molecule has 1 heteroatoms. The number of hydrogen-bond acceptors (Lipinski definition) is 0. The quantitative estimate of drug-likeness (QED) is 0.331. The van der Waals surface area contributed by atoms with Gasteiger partial charge < -0.3 is 4.57 Å². The Morgan fingerprint density at radius 1 is 0.630 bits per heavy atom. The number of para-hydroxylation sites is 3. The van der Waals surface area contributed by atoms with E-state index in [2.05, 4.69) is 109 Å². The van der Waals surface area contributed by atoms with Crippen LogP contribution in [0.1, 0.15) is 12.5 Å². The third-order valence-electron chi connectivity index (χ3n) is 5.39. The lowest BCUT2D eigenvalue weighted by atomic mass is 10.0. The van der Waals surface area contributed by atoms with E-state index in [1.165, 1.54) is 44.2 Å². The number of nitrogens with zero attached hydrogens (tertiary/aromatic N) is 1. The molecule has 4 aromatic carbocycles. The predicted octanol–water partition coefficient (Wildman–Crippen LogP) is 7.01. The van der Waals surface area contributed by atoms with Gasteiger partial charge in [0.25, 0.3) is 0 Å². The molecule has 0 aliphatic carbocycles. The summed E-state index contributed by atoms with van der Waals surface area (Å²) in [4.78, 5) is 0. The van der Waals surface area contributed by atoms with E-state index in [4.69, 9.17) is 0 Å². The highest BCUT2D eigenvalue weighted by Gasteiger charge is 2.17. The molecule has 0 bridgehead atoms. The molecule has 0 saturated heterocycles. The van der Waals surface area contributed by atoms with Gasteiger partial charge in [-0.1, -0.05) is 91.9 Å². The average Bonchev–Trinajstić information content (AvgIpc) is 3.09. The molecule has 0 aliphatic rings. The second-order valence-electron chi connectivity index (χ2n) is 6.90. The number of aryl methyl sites for hydroxylation is 1.